The number of imidazole rings is 1. The van der Waals surface area contributed by atoms with Gasteiger partial charge in [0.05, 0.1) is 22.0 Å². The van der Waals surface area contributed by atoms with Crippen molar-refractivity contribution in [1.82, 2.24) is 9.38 Å². The summed E-state index contributed by atoms with van der Waals surface area (Å²) < 4.78 is 1.89. The summed E-state index contributed by atoms with van der Waals surface area (Å²) in [6.45, 7) is 2.00. The highest BCUT2D eigenvalue weighted by atomic mass is 35.5. The molecule has 22 heavy (non-hydrogen) atoms. The average molecular weight is 350 g/mol. The topological polar surface area (TPSA) is 46.4 Å². The van der Waals surface area contributed by atoms with Gasteiger partial charge >= 0.3 is 0 Å². The van der Waals surface area contributed by atoms with Crippen LogP contribution < -0.4 is 5.32 Å². The van der Waals surface area contributed by atoms with Crippen LogP contribution in [0, 0.1) is 6.92 Å². The van der Waals surface area contributed by atoms with E-state index in [4.69, 9.17) is 23.2 Å². The molecule has 1 aliphatic heterocycles. The number of nitrogens with one attached hydrogen (secondary N) is 1. The SMILES string of the molecule is Cc1cn2c(/C=C3/C(=O)Nc4cccc(Cl)c43)c(Cl)nc2s1. The summed E-state index contributed by atoms with van der Waals surface area (Å²) >= 11 is 14.0. The molecular weight excluding hydrogens is 341 g/mol. The number of aromatic nitrogens is 2. The highest BCUT2D eigenvalue weighted by Gasteiger charge is 2.27. The van der Waals surface area contributed by atoms with Crippen LogP contribution >= 0.6 is 34.5 Å². The molecule has 7 heteroatoms. The van der Waals surface area contributed by atoms with Crippen LogP contribution in [0.15, 0.2) is 24.4 Å². The number of rotatable bonds is 1. The quantitative estimate of drug-likeness (QED) is 0.657. The lowest BCUT2D eigenvalue weighted by Gasteiger charge is -2.01. The smallest absolute Gasteiger partial charge is 0.256 e. The summed E-state index contributed by atoms with van der Waals surface area (Å²) in [5.74, 6) is -0.193. The minimum absolute atomic E-state index is 0.193. The summed E-state index contributed by atoms with van der Waals surface area (Å²) in [5.41, 5.74) is 2.58. The summed E-state index contributed by atoms with van der Waals surface area (Å²) in [5, 5.41) is 3.71. The van der Waals surface area contributed by atoms with Crippen molar-refractivity contribution in [3.63, 3.8) is 0 Å². The van der Waals surface area contributed by atoms with Gasteiger partial charge in [0.2, 0.25) is 0 Å². The molecule has 4 nitrogen and oxygen atoms in total. The Morgan fingerprint density at radius 2 is 2.18 bits per heavy atom. The lowest BCUT2D eigenvalue weighted by Crippen LogP contribution is -2.03. The average Bonchev–Trinajstić information content (AvgIpc) is 3.04. The van der Waals surface area contributed by atoms with Gasteiger partial charge in [-0.2, -0.15) is 0 Å². The van der Waals surface area contributed by atoms with Gasteiger partial charge in [0.1, 0.15) is 0 Å². The van der Waals surface area contributed by atoms with Gasteiger partial charge in [-0.15, -0.1) is 11.3 Å². The molecule has 0 atom stereocenters. The number of thiazole rings is 1. The van der Waals surface area contributed by atoms with Crippen LogP contribution in [-0.4, -0.2) is 15.3 Å². The third-order valence-electron chi connectivity index (χ3n) is 3.49. The minimum atomic E-state index is -0.193. The van der Waals surface area contributed by atoms with E-state index in [1.807, 2.05) is 23.6 Å². The van der Waals surface area contributed by atoms with Crippen molar-refractivity contribution in [2.75, 3.05) is 5.32 Å². The van der Waals surface area contributed by atoms with E-state index in [0.717, 1.165) is 9.84 Å². The first-order chi connectivity index (χ1) is 10.5. The number of aryl methyl sites for hydroxylation is 1. The Labute approximate surface area is 140 Å². The highest BCUT2D eigenvalue weighted by Crippen LogP contribution is 2.39. The Hall–Kier alpha value is -1.82. The first-order valence-corrected chi connectivity index (χ1v) is 8.08. The van der Waals surface area contributed by atoms with E-state index in [-0.39, 0.29) is 5.91 Å². The van der Waals surface area contributed by atoms with Crippen LogP contribution in [0.3, 0.4) is 0 Å². The van der Waals surface area contributed by atoms with Gasteiger partial charge in [0, 0.05) is 16.6 Å². The molecule has 0 unspecified atom stereocenters. The standard InChI is InChI=1S/C15H9Cl2N3OS/c1-7-6-20-11(13(17)19-15(20)22-7)5-8-12-9(16)3-2-4-10(12)18-14(8)21/h2-6H,1H3,(H,18,21)/b8-5+. The van der Waals surface area contributed by atoms with Crippen molar-refractivity contribution in [2.45, 2.75) is 6.92 Å². The largest absolute Gasteiger partial charge is 0.321 e. The predicted octanol–water partition coefficient (Wildman–Crippen LogP) is 4.50. The zero-order valence-corrected chi connectivity index (χ0v) is 13.7. The first-order valence-electron chi connectivity index (χ1n) is 6.50. The van der Waals surface area contributed by atoms with E-state index < -0.39 is 0 Å². The predicted molar refractivity (Wildman–Crippen MR) is 90.8 cm³/mol. The van der Waals surface area contributed by atoms with Crippen molar-refractivity contribution in [3.8, 4) is 0 Å². The van der Waals surface area contributed by atoms with Crippen molar-refractivity contribution < 1.29 is 4.79 Å². The molecule has 1 aliphatic rings. The van der Waals surface area contributed by atoms with Gasteiger partial charge in [-0.1, -0.05) is 29.3 Å². The maximum absolute atomic E-state index is 12.3. The second-order valence-corrected chi connectivity index (χ2v) is 6.94. The molecule has 1 N–H and O–H groups in total. The molecule has 0 saturated heterocycles. The van der Waals surface area contributed by atoms with Gasteiger partial charge in [-0.25, -0.2) is 4.98 Å². The summed E-state index contributed by atoms with van der Waals surface area (Å²) in [6.07, 6.45) is 3.69. The molecule has 4 rings (SSSR count). The molecule has 2 aromatic heterocycles. The van der Waals surface area contributed by atoms with E-state index in [1.54, 1.807) is 29.5 Å². The molecule has 1 aromatic carbocycles. The first kappa shape index (κ1) is 13.8. The molecule has 3 heterocycles. The van der Waals surface area contributed by atoms with Gasteiger partial charge in [0.25, 0.3) is 5.91 Å². The number of hydrogen-bond donors (Lipinski definition) is 1. The van der Waals surface area contributed by atoms with E-state index in [9.17, 15) is 4.79 Å². The number of carbonyl (C=O) groups is 1. The van der Waals surface area contributed by atoms with E-state index in [2.05, 4.69) is 10.3 Å². The van der Waals surface area contributed by atoms with Gasteiger partial charge in [0.15, 0.2) is 10.1 Å². The molecule has 0 aliphatic carbocycles. The van der Waals surface area contributed by atoms with Crippen LogP contribution in [0.2, 0.25) is 10.2 Å². The Bertz CT molecular complexity index is 971. The summed E-state index contributed by atoms with van der Waals surface area (Å²) in [7, 11) is 0. The lowest BCUT2D eigenvalue weighted by molar-refractivity contribution is -0.110. The van der Waals surface area contributed by atoms with Crippen LogP contribution in [0.1, 0.15) is 16.1 Å². The fourth-order valence-corrected chi connectivity index (χ4v) is 3.94. The molecule has 3 aromatic rings. The monoisotopic (exact) mass is 349 g/mol. The van der Waals surface area contributed by atoms with Crippen LogP contribution in [0.4, 0.5) is 5.69 Å². The number of nitrogens with zero attached hydrogens (tertiary/aromatic N) is 2. The van der Waals surface area contributed by atoms with E-state index in [0.29, 0.717) is 32.7 Å². The maximum atomic E-state index is 12.3. The molecule has 0 radical (unpaired) electrons. The third kappa shape index (κ3) is 1.97. The number of amides is 1. The normalized spacial score (nSPS) is 15.6. The molecule has 0 saturated carbocycles. The minimum Gasteiger partial charge on any atom is -0.321 e. The zero-order chi connectivity index (χ0) is 15.4. The Kier molecular flexibility index (Phi) is 3.04. The molecule has 0 spiro atoms. The van der Waals surface area contributed by atoms with Crippen molar-refractivity contribution in [1.29, 1.82) is 0 Å². The van der Waals surface area contributed by atoms with Crippen LogP contribution in [0.5, 0.6) is 0 Å². The van der Waals surface area contributed by atoms with Crippen LogP contribution in [0.25, 0.3) is 16.6 Å². The van der Waals surface area contributed by atoms with E-state index >= 15 is 0 Å². The second kappa shape index (κ2) is 4.84. The van der Waals surface area contributed by atoms with Crippen molar-refractivity contribution in [2.24, 2.45) is 0 Å². The van der Waals surface area contributed by atoms with Crippen LogP contribution in [-0.2, 0) is 4.79 Å². The Morgan fingerprint density at radius 1 is 1.36 bits per heavy atom. The van der Waals surface area contributed by atoms with Crippen molar-refractivity contribution in [3.05, 3.63) is 50.7 Å². The van der Waals surface area contributed by atoms with Gasteiger partial charge < -0.3 is 5.32 Å². The highest BCUT2D eigenvalue weighted by molar-refractivity contribution is 7.17. The Morgan fingerprint density at radius 3 is 3.00 bits per heavy atom. The van der Waals surface area contributed by atoms with E-state index in [1.165, 1.54) is 0 Å². The molecule has 1 amide bonds. The Balaban J connectivity index is 1.96. The number of carbonyl (C=O) groups excluding carboxylic acids is 1. The molecular formula is C15H9Cl2N3OS. The molecule has 0 bridgehead atoms. The lowest BCUT2D eigenvalue weighted by atomic mass is 10.1. The maximum Gasteiger partial charge on any atom is 0.256 e. The number of benzene rings is 1. The summed E-state index contributed by atoms with van der Waals surface area (Å²) in [4.78, 5) is 18.5. The molecule has 0 fully saturated rings. The fourth-order valence-electron chi connectivity index (χ4n) is 2.56. The number of hydrogen-bond acceptors (Lipinski definition) is 3. The second-order valence-electron chi connectivity index (χ2n) is 4.96. The van der Waals surface area contributed by atoms with Gasteiger partial charge in [-0.3, -0.25) is 9.20 Å². The zero-order valence-electron chi connectivity index (χ0n) is 11.4. The fraction of sp³-hybridized carbons (Fsp3) is 0.0667. The number of halogens is 2. The summed E-state index contributed by atoms with van der Waals surface area (Å²) in [6, 6.07) is 5.38. The third-order valence-corrected chi connectivity index (χ3v) is 4.98. The number of anilines is 1. The number of fused-ring (bicyclic) bond motifs is 2. The van der Waals surface area contributed by atoms with Gasteiger partial charge in [-0.05, 0) is 25.1 Å². The molecule has 110 valence electrons. The van der Waals surface area contributed by atoms with Crippen molar-refractivity contribution >= 4 is 62.7 Å².